The summed E-state index contributed by atoms with van der Waals surface area (Å²) >= 11 is 0. The first kappa shape index (κ1) is 21.0. The quantitative estimate of drug-likeness (QED) is 0.582. The van der Waals surface area contributed by atoms with E-state index in [1.165, 1.54) is 36.6 Å². The molecule has 0 saturated carbocycles. The second-order valence-corrected chi connectivity index (χ2v) is 8.87. The van der Waals surface area contributed by atoms with Gasteiger partial charge in [-0.1, -0.05) is 67.5 Å². The zero-order chi connectivity index (χ0) is 21.6. The van der Waals surface area contributed by atoms with Crippen LogP contribution in [-0.4, -0.2) is 60.7 Å². The van der Waals surface area contributed by atoms with Gasteiger partial charge in [-0.3, -0.25) is 4.90 Å². The highest BCUT2D eigenvalue weighted by molar-refractivity contribution is 5.90. The third-order valence-corrected chi connectivity index (χ3v) is 6.61. The van der Waals surface area contributed by atoms with E-state index in [-0.39, 0.29) is 0 Å². The van der Waals surface area contributed by atoms with Crippen LogP contribution in [0.15, 0.2) is 60.7 Å². The molecule has 2 aromatic carbocycles. The van der Waals surface area contributed by atoms with E-state index >= 15 is 0 Å². The summed E-state index contributed by atoms with van der Waals surface area (Å²) in [6.45, 7) is 7.20. The smallest absolute Gasteiger partial charge is 0.227 e. The van der Waals surface area contributed by atoms with Crippen LogP contribution in [-0.2, 0) is 0 Å². The molecule has 3 aromatic rings. The third-order valence-electron chi connectivity index (χ3n) is 6.61. The van der Waals surface area contributed by atoms with Crippen molar-refractivity contribution in [1.82, 2.24) is 14.9 Å². The van der Waals surface area contributed by atoms with Gasteiger partial charge < -0.3 is 9.80 Å². The van der Waals surface area contributed by atoms with Crippen molar-refractivity contribution in [3.8, 4) is 0 Å². The van der Waals surface area contributed by atoms with Crippen LogP contribution in [0, 0.1) is 0 Å². The molecule has 2 fully saturated rings. The van der Waals surface area contributed by atoms with E-state index in [9.17, 15) is 0 Å². The number of anilines is 2. The van der Waals surface area contributed by atoms with Gasteiger partial charge in [0, 0.05) is 51.2 Å². The highest BCUT2D eigenvalue weighted by atomic mass is 15.3. The molecule has 0 aliphatic carbocycles. The summed E-state index contributed by atoms with van der Waals surface area (Å²) in [5, 5.41) is 1.18. The maximum absolute atomic E-state index is 5.13. The molecule has 2 aliphatic heterocycles. The van der Waals surface area contributed by atoms with Crippen molar-refractivity contribution in [3.63, 3.8) is 0 Å². The minimum atomic E-state index is 0.891. The second-order valence-electron chi connectivity index (χ2n) is 8.87. The Hall–Kier alpha value is -2.92. The topological polar surface area (TPSA) is 35.5 Å². The molecule has 5 rings (SSSR count). The van der Waals surface area contributed by atoms with Gasteiger partial charge in [0.2, 0.25) is 5.95 Å². The largest absolute Gasteiger partial charge is 0.356 e. The number of nitrogens with zero attached hydrogens (tertiary/aromatic N) is 5. The maximum atomic E-state index is 5.13. The first-order chi connectivity index (χ1) is 15.9. The molecule has 0 atom stereocenters. The van der Waals surface area contributed by atoms with Gasteiger partial charge in [-0.05, 0) is 30.5 Å². The predicted octanol–water partition coefficient (Wildman–Crippen LogP) is 4.85. The van der Waals surface area contributed by atoms with E-state index < -0.39 is 0 Å². The zero-order valence-electron chi connectivity index (χ0n) is 18.9. The maximum Gasteiger partial charge on any atom is 0.227 e. The fourth-order valence-corrected chi connectivity index (χ4v) is 4.75. The van der Waals surface area contributed by atoms with Gasteiger partial charge >= 0.3 is 0 Å². The Labute approximate surface area is 191 Å². The van der Waals surface area contributed by atoms with Crippen molar-refractivity contribution < 1.29 is 0 Å². The predicted molar refractivity (Wildman–Crippen MR) is 134 cm³/mol. The average molecular weight is 428 g/mol. The molecule has 32 heavy (non-hydrogen) atoms. The van der Waals surface area contributed by atoms with Crippen molar-refractivity contribution in [2.45, 2.75) is 25.7 Å². The van der Waals surface area contributed by atoms with Gasteiger partial charge in [0.05, 0.1) is 5.52 Å². The molecule has 0 N–H and O–H groups in total. The van der Waals surface area contributed by atoms with Crippen molar-refractivity contribution in [2.75, 3.05) is 55.6 Å². The zero-order valence-corrected chi connectivity index (χ0v) is 18.9. The summed E-state index contributed by atoms with van der Waals surface area (Å²) in [7, 11) is 0. The van der Waals surface area contributed by atoms with Crippen molar-refractivity contribution >= 4 is 28.7 Å². The van der Waals surface area contributed by atoms with Crippen LogP contribution >= 0.6 is 0 Å². The number of hydrogen-bond donors (Lipinski definition) is 0. The van der Waals surface area contributed by atoms with E-state index in [2.05, 4.69) is 81.4 Å². The molecule has 0 amide bonds. The van der Waals surface area contributed by atoms with Crippen LogP contribution in [0.25, 0.3) is 17.0 Å². The van der Waals surface area contributed by atoms with Crippen LogP contribution < -0.4 is 9.80 Å². The summed E-state index contributed by atoms with van der Waals surface area (Å²) in [5.41, 5.74) is 2.32. The molecule has 0 unspecified atom stereocenters. The number of rotatable bonds is 5. The van der Waals surface area contributed by atoms with E-state index in [4.69, 9.17) is 9.97 Å². The van der Waals surface area contributed by atoms with E-state index in [0.29, 0.717) is 0 Å². The minimum absolute atomic E-state index is 0.891. The first-order valence-electron chi connectivity index (χ1n) is 12.1. The molecule has 0 radical (unpaired) electrons. The molecule has 3 heterocycles. The minimum Gasteiger partial charge on any atom is -0.356 e. The molecular weight excluding hydrogens is 394 g/mol. The third kappa shape index (κ3) is 4.94. The molecule has 1 aromatic heterocycles. The number of hydrogen-bond acceptors (Lipinski definition) is 5. The SMILES string of the molecule is C(=C\c1ccccc1)/CN1CCN(c2nc(N3CCCCCC3)c3ccccc3n2)CC1. The lowest BCUT2D eigenvalue weighted by Gasteiger charge is -2.35. The average Bonchev–Trinajstić information content (AvgIpc) is 3.14. The molecule has 5 nitrogen and oxygen atoms in total. The Morgan fingerprint density at radius 2 is 1.41 bits per heavy atom. The first-order valence-corrected chi connectivity index (χ1v) is 12.1. The van der Waals surface area contributed by atoms with Crippen molar-refractivity contribution in [2.24, 2.45) is 0 Å². The standard InChI is InChI=1S/C27H33N5/c1-2-9-18-31(17-8-1)26-24-14-6-7-15-25(24)28-27(29-26)32-21-19-30(20-22-32)16-10-13-23-11-4-3-5-12-23/h3-7,10-15H,1-2,8-9,16-22H2/b13-10+. The Morgan fingerprint density at radius 3 is 2.19 bits per heavy atom. The van der Waals surface area contributed by atoms with Crippen LogP contribution in [0.3, 0.4) is 0 Å². The molecule has 2 saturated heterocycles. The molecule has 0 bridgehead atoms. The molecule has 2 aliphatic rings. The lowest BCUT2D eigenvalue weighted by molar-refractivity contribution is 0.283. The van der Waals surface area contributed by atoms with Crippen LogP contribution in [0.5, 0.6) is 0 Å². The second kappa shape index (κ2) is 10.1. The van der Waals surface area contributed by atoms with Crippen LogP contribution in [0.2, 0.25) is 0 Å². The van der Waals surface area contributed by atoms with Crippen molar-refractivity contribution in [3.05, 3.63) is 66.2 Å². The number of benzene rings is 2. The van der Waals surface area contributed by atoms with Gasteiger partial charge in [-0.15, -0.1) is 0 Å². The van der Waals surface area contributed by atoms with Gasteiger partial charge in [0.1, 0.15) is 5.82 Å². The van der Waals surface area contributed by atoms with E-state index in [1.54, 1.807) is 0 Å². The fourth-order valence-electron chi connectivity index (χ4n) is 4.75. The Morgan fingerprint density at radius 1 is 0.688 bits per heavy atom. The van der Waals surface area contributed by atoms with Crippen molar-refractivity contribution in [1.29, 1.82) is 0 Å². The highest BCUT2D eigenvalue weighted by Gasteiger charge is 2.22. The van der Waals surface area contributed by atoms with Gasteiger partial charge in [0.25, 0.3) is 0 Å². The monoisotopic (exact) mass is 427 g/mol. The number of para-hydroxylation sites is 1. The number of fused-ring (bicyclic) bond motifs is 1. The van der Waals surface area contributed by atoms with Gasteiger partial charge in [0.15, 0.2) is 0 Å². The fraction of sp³-hybridized carbons (Fsp3) is 0.407. The number of piperazine rings is 1. The molecule has 166 valence electrons. The highest BCUT2D eigenvalue weighted by Crippen LogP contribution is 2.28. The molecule has 0 spiro atoms. The van der Waals surface area contributed by atoms with E-state index in [0.717, 1.165) is 63.1 Å². The Kier molecular flexibility index (Phi) is 6.63. The summed E-state index contributed by atoms with van der Waals surface area (Å²) in [4.78, 5) is 17.4. The van der Waals surface area contributed by atoms with Crippen LogP contribution in [0.1, 0.15) is 31.2 Å². The lowest BCUT2D eigenvalue weighted by Crippen LogP contribution is -2.47. The van der Waals surface area contributed by atoms with Crippen LogP contribution in [0.4, 0.5) is 11.8 Å². The lowest BCUT2D eigenvalue weighted by atomic mass is 10.2. The molecule has 5 heteroatoms. The summed E-state index contributed by atoms with van der Waals surface area (Å²) in [6, 6.07) is 19.0. The molecular formula is C27H33N5. The number of aromatic nitrogens is 2. The van der Waals surface area contributed by atoms with E-state index in [1.807, 2.05) is 0 Å². The summed E-state index contributed by atoms with van der Waals surface area (Å²) < 4.78 is 0. The Bertz CT molecular complexity index is 1030. The van der Waals surface area contributed by atoms with Gasteiger partial charge in [-0.2, -0.15) is 4.98 Å². The summed E-state index contributed by atoms with van der Waals surface area (Å²) in [5.74, 6) is 2.02. The summed E-state index contributed by atoms with van der Waals surface area (Å²) in [6.07, 6.45) is 9.65. The normalized spacial score (nSPS) is 18.4. The van der Waals surface area contributed by atoms with Gasteiger partial charge in [-0.25, -0.2) is 4.98 Å². The Balaban J connectivity index is 1.28.